The van der Waals surface area contributed by atoms with Gasteiger partial charge in [-0.05, 0) is 61.2 Å². The van der Waals surface area contributed by atoms with Gasteiger partial charge >= 0.3 is 0 Å². The average Bonchev–Trinajstić information content (AvgIpc) is 2.89. The molecule has 2 aromatic rings. The van der Waals surface area contributed by atoms with Crippen LogP contribution in [0.15, 0.2) is 36.5 Å². The molecule has 2 N–H and O–H groups in total. The summed E-state index contributed by atoms with van der Waals surface area (Å²) in [6.45, 7) is 3.89. The first-order valence-electron chi connectivity index (χ1n) is 8.94. The van der Waals surface area contributed by atoms with Gasteiger partial charge in [0, 0.05) is 25.1 Å². The lowest BCUT2D eigenvalue weighted by molar-refractivity contribution is -0.124. The van der Waals surface area contributed by atoms with Crippen LogP contribution in [0.1, 0.15) is 45.9 Å². The molecule has 1 aliphatic carbocycles. The van der Waals surface area contributed by atoms with Gasteiger partial charge in [-0.25, -0.2) is 0 Å². The Morgan fingerprint density at radius 1 is 1.22 bits per heavy atom. The molecule has 1 saturated carbocycles. The molecule has 2 unspecified atom stereocenters. The molecule has 27 heavy (non-hydrogen) atoms. The first-order chi connectivity index (χ1) is 12.9. The first kappa shape index (κ1) is 18.8. The molecular weight excluding hydrogens is 344 g/mol. The van der Waals surface area contributed by atoms with Crippen molar-refractivity contribution in [2.45, 2.75) is 32.6 Å². The highest BCUT2D eigenvalue weighted by Crippen LogP contribution is 2.38. The van der Waals surface area contributed by atoms with E-state index >= 15 is 0 Å². The van der Waals surface area contributed by atoms with E-state index < -0.39 is 11.8 Å². The monoisotopic (exact) mass is 366 g/mol. The summed E-state index contributed by atoms with van der Waals surface area (Å²) in [4.78, 5) is 41.4. The van der Waals surface area contributed by atoms with Gasteiger partial charge in [0.15, 0.2) is 5.78 Å². The Morgan fingerprint density at radius 3 is 2.56 bits per heavy atom. The van der Waals surface area contributed by atoms with E-state index in [-0.39, 0.29) is 29.6 Å². The van der Waals surface area contributed by atoms with Gasteiger partial charge in [0.1, 0.15) is 23.1 Å². The molecule has 6 heteroatoms. The third kappa shape index (κ3) is 3.89. The zero-order valence-corrected chi connectivity index (χ0v) is 15.4. The van der Waals surface area contributed by atoms with E-state index in [1.165, 1.54) is 0 Å². The fraction of sp³-hybridized carbons (Fsp3) is 0.333. The van der Waals surface area contributed by atoms with Crippen molar-refractivity contribution in [2.75, 3.05) is 6.54 Å². The summed E-state index contributed by atoms with van der Waals surface area (Å²) in [5.74, 6) is -1.56. The summed E-state index contributed by atoms with van der Waals surface area (Å²) in [7, 11) is 0. The summed E-state index contributed by atoms with van der Waals surface area (Å²) in [5, 5.41) is 12.4. The Morgan fingerprint density at radius 2 is 1.93 bits per heavy atom. The van der Waals surface area contributed by atoms with Crippen molar-refractivity contribution in [3.8, 4) is 5.75 Å². The quantitative estimate of drug-likeness (QED) is 0.793. The summed E-state index contributed by atoms with van der Waals surface area (Å²) in [5.41, 5.74) is 2.49. The second kappa shape index (κ2) is 7.70. The molecule has 0 bridgehead atoms. The standard InChI is InChI=1S/C21H22N2O4/c1-12-9-15(24)10-13(2)18(12)19-17(25)11-14(20(19)26)6-8-23-21(27)16-5-3-4-7-22-16/h3-5,7,9-10,14,19,24H,6,8,11H2,1-2H3,(H,23,27). The number of rotatable bonds is 5. The molecule has 0 spiro atoms. The molecule has 0 saturated heterocycles. The Balaban J connectivity index is 1.66. The third-order valence-corrected chi connectivity index (χ3v) is 5.00. The number of benzene rings is 1. The Kier molecular flexibility index (Phi) is 5.35. The van der Waals surface area contributed by atoms with Crippen LogP contribution in [-0.2, 0) is 9.59 Å². The fourth-order valence-electron chi connectivity index (χ4n) is 3.76. The van der Waals surface area contributed by atoms with Gasteiger partial charge in [-0.2, -0.15) is 0 Å². The van der Waals surface area contributed by atoms with Gasteiger partial charge in [0.25, 0.3) is 5.91 Å². The number of amides is 1. The molecule has 1 fully saturated rings. The van der Waals surface area contributed by atoms with Crippen LogP contribution in [-0.4, -0.2) is 34.1 Å². The number of carbonyl (C=O) groups excluding carboxylic acids is 3. The number of aryl methyl sites for hydroxylation is 2. The predicted octanol–water partition coefficient (Wildman–Crippen LogP) is 2.47. The minimum absolute atomic E-state index is 0.0991. The zero-order valence-electron chi connectivity index (χ0n) is 15.4. The van der Waals surface area contributed by atoms with Gasteiger partial charge in [-0.1, -0.05) is 6.07 Å². The van der Waals surface area contributed by atoms with E-state index in [0.717, 1.165) is 11.1 Å². The molecule has 6 nitrogen and oxygen atoms in total. The van der Waals surface area contributed by atoms with E-state index in [0.29, 0.717) is 24.2 Å². The topological polar surface area (TPSA) is 96.4 Å². The van der Waals surface area contributed by atoms with Crippen LogP contribution in [0, 0.1) is 19.8 Å². The summed E-state index contributed by atoms with van der Waals surface area (Å²) < 4.78 is 0. The van der Waals surface area contributed by atoms with Gasteiger partial charge in [0.05, 0.1) is 0 Å². The highest BCUT2D eigenvalue weighted by molar-refractivity contribution is 6.15. The molecule has 1 heterocycles. The van der Waals surface area contributed by atoms with Crippen molar-refractivity contribution in [3.63, 3.8) is 0 Å². The molecule has 0 radical (unpaired) electrons. The SMILES string of the molecule is Cc1cc(O)cc(C)c1C1C(=O)CC(CCNC(=O)c2ccccn2)C1=O. The number of aromatic hydroxyl groups is 1. The number of aromatic nitrogens is 1. The molecule has 1 aromatic carbocycles. The lowest BCUT2D eigenvalue weighted by atomic mass is 9.87. The number of hydrogen-bond donors (Lipinski definition) is 2. The Hall–Kier alpha value is -3.02. The third-order valence-electron chi connectivity index (χ3n) is 5.00. The smallest absolute Gasteiger partial charge is 0.269 e. The molecule has 2 atom stereocenters. The number of pyridine rings is 1. The van der Waals surface area contributed by atoms with Crippen molar-refractivity contribution >= 4 is 17.5 Å². The van der Waals surface area contributed by atoms with Crippen LogP contribution in [0.4, 0.5) is 0 Å². The van der Waals surface area contributed by atoms with Crippen LogP contribution in [0.25, 0.3) is 0 Å². The molecule has 0 aliphatic heterocycles. The van der Waals surface area contributed by atoms with Gasteiger partial charge in [-0.15, -0.1) is 0 Å². The zero-order chi connectivity index (χ0) is 19.6. The molecule has 1 aromatic heterocycles. The summed E-state index contributed by atoms with van der Waals surface area (Å²) in [6.07, 6.45) is 2.14. The normalized spacial score (nSPS) is 19.3. The van der Waals surface area contributed by atoms with Crippen molar-refractivity contribution in [2.24, 2.45) is 5.92 Å². The Labute approximate surface area is 157 Å². The van der Waals surface area contributed by atoms with Gasteiger partial charge in [0.2, 0.25) is 0 Å². The fourth-order valence-corrected chi connectivity index (χ4v) is 3.76. The van der Waals surface area contributed by atoms with Crippen LogP contribution in [0.3, 0.4) is 0 Å². The van der Waals surface area contributed by atoms with E-state index in [2.05, 4.69) is 10.3 Å². The van der Waals surface area contributed by atoms with E-state index in [1.54, 1.807) is 50.4 Å². The van der Waals surface area contributed by atoms with Crippen LogP contribution < -0.4 is 5.32 Å². The maximum Gasteiger partial charge on any atom is 0.269 e. The number of carbonyl (C=O) groups is 3. The number of Topliss-reactive ketones (excluding diaryl/α,β-unsaturated/α-hetero) is 2. The van der Waals surface area contributed by atoms with Crippen molar-refractivity contribution in [3.05, 3.63) is 58.9 Å². The van der Waals surface area contributed by atoms with Gasteiger partial charge < -0.3 is 10.4 Å². The lowest BCUT2D eigenvalue weighted by Crippen LogP contribution is -2.27. The highest BCUT2D eigenvalue weighted by atomic mass is 16.3. The minimum atomic E-state index is -0.776. The molecular formula is C21H22N2O4. The second-order valence-corrected chi connectivity index (χ2v) is 6.96. The molecule has 3 rings (SSSR count). The predicted molar refractivity (Wildman–Crippen MR) is 99.6 cm³/mol. The number of ketones is 2. The van der Waals surface area contributed by atoms with Crippen molar-refractivity contribution < 1.29 is 19.5 Å². The first-order valence-corrected chi connectivity index (χ1v) is 8.94. The number of hydrogen-bond acceptors (Lipinski definition) is 5. The highest BCUT2D eigenvalue weighted by Gasteiger charge is 2.42. The van der Waals surface area contributed by atoms with Crippen LogP contribution >= 0.6 is 0 Å². The van der Waals surface area contributed by atoms with Crippen LogP contribution in [0.2, 0.25) is 0 Å². The van der Waals surface area contributed by atoms with Gasteiger partial charge in [-0.3, -0.25) is 19.4 Å². The summed E-state index contributed by atoms with van der Waals surface area (Å²) >= 11 is 0. The van der Waals surface area contributed by atoms with E-state index in [4.69, 9.17) is 0 Å². The number of phenolic OH excluding ortho intramolecular Hbond substituents is 1. The summed E-state index contributed by atoms with van der Waals surface area (Å²) in [6, 6.07) is 8.22. The average molecular weight is 366 g/mol. The largest absolute Gasteiger partial charge is 0.508 e. The van der Waals surface area contributed by atoms with E-state index in [9.17, 15) is 19.5 Å². The minimum Gasteiger partial charge on any atom is -0.508 e. The Bertz CT molecular complexity index is 869. The number of phenols is 1. The van der Waals surface area contributed by atoms with Crippen molar-refractivity contribution in [1.29, 1.82) is 0 Å². The molecule has 140 valence electrons. The van der Waals surface area contributed by atoms with Crippen LogP contribution in [0.5, 0.6) is 5.75 Å². The molecule has 1 amide bonds. The number of nitrogens with one attached hydrogen (secondary N) is 1. The second-order valence-electron chi connectivity index (χ2n) is 6.96. The maximum atomic E-state index is 12.8. The lowest BCUT2D eigenvalue weighted by Gasteiger charge is -2.16. The van der Waals surface area contributed by atoms with E-state index in [1.807, 2.05) is 0 Å². The van der Waals surface area contributed by atoms with Crippen molar-refractivity contribution in [1.82, 2.24) is 10.3 Å². The maximum absolute atomic E-state index is 12.8. The number of nitrogens with zero attached hydrogens (tertiary/aromatic N) is 1. The molecule has 1 aliphatic rings.